The molecule has 0 spiro atoms. The predicted octanol–water partition coefficient (Wildman–Crippen LogP) is 3.92. The van der Waals surface area contributed by atoms with Crippen molar-refractivity contribution in [3.63, 3.8) is 0 Å². The van der Waals surface area contributed by atoms with Crippen LogP contribution >= 0.6 is 23.8 Å². The molecule has 2 atom stereocenters. The topological polar surface area (TPSA) is 29.9 Å². The Labute approximate surface area is 120 Å². The maximum atomic E-state index is 13.4. The predicted molar refractivity (Wildman–Crippen MR) is 75.6 cm³/mol. The Morgan fingerprint density at radius 1 is 1.58 bits per heavy atom. The summed E-state index contributed by atoms with van der Waals surface area (Å²) in [4.78, 5) is 3.02. The molecule has 0 bridgehead atoms. The Hall–Kier alpha value is -0.910. The van der Waals surface area contributed by atoms with Crippen molar-refractivity contribution >= 4 is 34.9 Å². The lowest BCUT2D eigenvalue weighted by atomic mass is 10.0. The van der Waals surface area contributed by atoms with Gasteiger partial charge in [-0.25, -0.2) is 4.39 Å². The van der Waals surface area contributed by atoms with E-state index in [1.54, 1.807) is 6.07 Å². The molecule has 0 saturated carbocycles. The van der Waals surface area contributed by atoms with Gasteiger partial charge in [0, 0.05) is 25.1 Å². The van der Waals surface area contributed by atoms with E-state index in [0.29, 0.717) is 16.2 Å². The van der Waals surface area contributed by atoms with E-state index in [1.807, 2.05) is 4.57 Å². The number of nitrogens with one attached hydrogen (secondary N) is 1. The number of H-pyrrole nitrogens is 1. The normalized spacial score (nSPS) is 23.3. The number of halogens is 2. The highest BCUT2D eigenvalue weighted by Crippen LogP contribution is 2.27. The number of ether oxygens (including phenoxy) is 1. The van der Waals surface area contributed by atoms with Crippen LogP contribution in [0.3, 0.4) is 0 Å². The van der Waals surface area contributed by atoms with Gasteiger partial charge in [-0.05, 0) is 31.6 Å². The third kappa shape index (κ3) is 2.30. The first-order valence-corrected chi connectivity index (χ1v) is 7.04. The Morgan fingerprint density at radius 3 is 3.05 bits per heavy atom. The largest absolute Gasteiger partial charge is 0.378 e. The number of aromatic nitrogens is 2. The molecular formula is C13H14ClFN2OS. The van der Waals surface area contributed by atoms with Crippen LogP contribution in [0.25, 0.3) is 11.0 Å². The second kappa shape index (κ2) is 4.89. The average molecular weight is 301 g/mol. The van der Waals surface area contributed by atoms with Crippen LogP contribution in [-0.2, 0) is 11.3 Å². The van der Waals surface area contributed by atoms with Gasteiger partial charge >= 0.3 is 0 Å². The third-order valence-corrected chi connectivity index (χ3v) is 4.38. The number of benzene rings is 1. The van der Waals surface area contributed by atoms with Crippen molar-refractivity contribution in [3.8, 4) is 0 Å². The number of hydrogen-bond donors (Lipinski definition) is 1. The van der Waals surface area contributed by atoms with Crippen molar-refractivity contribution in [2.24, 2.45) is 5.92 Å². The first-order valence-electron chi connectivity index (χ1n) is 6.25. The summed E-state index contributed by atoms with van der Waals surface area (Å²) in [6.07, 6.45) is 1.24. The molecule has 0 radical (unpaired) electrons. The number of aromatic amines is 1. The van der Waals surface area contributed by atoms with Crippen LogP contribution in [-0.4, -0.2) is 22.3 Å². The standard InChI is InChI=1S/C13H14ClFN2OS/c1-7-8(2-3-18-7)6-17-12-4-9(14)10(15)5-11(12)16-13(17)19/h4-5,7-8H,2-3,6H2,1H3,(H,16,19). The van der Waals surface area contributed by atoms with Gasteiger partial charge < -0.3 is 14.3 Å². The highest BCUT2D eigenvalue weighted by atomic mass is 35.5. The minimum atomic E-state index is -0.435. The SMILES string of the molecule is CC1OCCC1Cn1c(=S)[nH]c2cc(F)c(Cl)cc21. The molecule has 1 aromatic carbocycles. The molecule has 1 saturated heterocycles. The number of fused-ring (bicyclic) bond motifs is 1. The maximum absolute atomic E-state index is 13.4. The molecule has 1 aliphatic rings. The fourth-order valence-electron chi connectivity index (χ4n) is 2.58. The summed E-state index contributed by atoms with van der Waals surface area (Å²) in [6, 6.07) is 3.01. The molecule has 0 amide bonds. The summed E-state index contributed by atoms with van der Waals surface area (Å²) in [7, 11) is 0. The minimum Gasteiger partial charge on any atom is -0.378 e. The molecule has 1 aliphatic heterocycles. The van der Waals surface area contributed by atoms with E-state index in [-0.39, 0.29) is 11.1 Å². The summed E-state index contributed by atoms with van der Waals surface area (Å²) >= 11 is 11.2. The zero-order valence-corrected chi connectivity index (χ0v) is 12.0. The number of imidazole rings is 1. The van der Waals surface area contributed by atoms with Gasteiger partial charge in [0.25, 0.3) is 0 Å². The van der Waals surface area contributed by atoms with Crippen LogP contribution < -0.4 is 0 Å². The van der Waals surface area contributed by atoms with Gasteiger partial charge in [0.15, 0.2) is 4.77 Å². The van der Waals surface area contributed by atoms with E-state index in [9.17, 15) is 4.39 Å². The van der Waals surface area contributed by atoms with Gasteiger partial charge in [-0.15, -0.1) is 0 Å². The quantitative estimate of drug-likeness (QED) is 0.852. The molecule has 3 rings (SSSR count). The molecule has 1 aromatic heterocycles. The molecule has 19 heavy (non-hydrogen) atoms. The van der Waals surface area contributed by atoms with Crippen LogP contribution in [0.15, 0.2) is 12.1 Å². The Morgan fingerprint density at radius 2 is 2.37 bits per heavy atom. The van der Waals surface area contributed by atoms with Crippen molar-refractivity contribution in [2.75, 3.05) is 6.61 Å². The maximum Gasteiger partial charge on any atom is 0.178 e. The summed E-state index contributed by atoms with van der Waals surface area (Å²) in [5.41, 5.74) is 1.52. The monoisotopic (exact) mass is 300 g/mol. The van der Waals surface area contributed by atoms with Gasteiger partial charge in [-0.1, -0.05) is 11.6 Å². The van der Waals surface area contributed by atoms with Crippen molar-refractivity contribution in [1.82, 2.24) is 9.55 Å². The van der Waals surface area contributed by atoms with E-state index in [1.165, 1.54) is 6.07 Å². The molecule has 2 heterocycles. The van der Waals surface area contributed by atoms with Crippen LogP contribution in [0.2, 0.25) is 5.02 Å². The lowest BCUT2D eigenvalue weighted by Crippen LogP contribution is -2.17. The summed E-state index contributed by atoms with van der Waals surface area (Å²) in [5.74, 6) is -0.00957. The minimum absolute atomic E-state index is 0.117. The first kappa shape index (κ1) is 13.1. The van der Waals surface area contributed by atoms with Crippen LogP contribution in [0, 0.1) is 16.5 Å². The van der Waals surface area contributed by atoms with E-state index >= 15 is 0 Å². The molecular weight excluding hydrogens is 287 g/mol. The summed E-state index contributed by atoms with van der Waals surface area (Å²) < 4.78 is 21.6. The van der Waals surface area contributed by atoms with E-state index < -0.39 is 5.82 Å². The lowest BCUT2D eigenvalue weighted by Gasteiger charge is -2.15. The second-order valence-corrected chi connectivity index (χ2v) is 5.74. The highest BCUT2D eigenvalue weighted by Gasteiger charge is 2.25. The van der Waals surface area contributed by atoms with Crippen molar-refractivity contribution in [3.05, 3.63) is 27.7 Å². The average Bonchev–Trinajstić information content (AvgIpc) is 2.88. The summed E-state index contributed by atoms with van der Waals surface area (Å²) in [5, 5.41) is 0.117. The molecule has 6 heteroatoms. The second-order valence-electron chi connectivity index (χ2n) is 4.95. The van der Waals surface area contributed by atoms with Gasteiger partial charge in [0.05, 0.1) is 22.2 Å². The molecule has 1 fully saturated rings. The van der Waals surface area contributed by atoms with Gasteiger partial charge in [-0.2, -0.15) is 0 Å². The zero-order chi connectivity index (χ0) is 13.6. The first-order chi connectivity index (χ1) is 9.06. The number of rotatable bonds is 2. The third-order valence-electron chi connectivity index (χ3n) is 3.77. The number of hydrogen-bond acceptors (Lipinski definition) is 2. The molecule has 0 aliphatic carbocycles. The molecule has 1 N–H and O–H groups in total. The van der Waals surface area contributed by atoms with Crippen molar-refractivity contribution in [1.29, 1.82) is 0 Å². The smallest absolute Gasteiger partial charge is 0.178 e. The Balaban J connectivity index is 2.05. The lowest BCUT2D eigenvalue weighted by molar-refractivity contribution is 0.102. The van der Waals surface area contributed by atoms with Crippen molar-refractivity contribution < 1.29 is 9.13 Å². The van der Waals surface area contributed by atoms with E-state index in [2.05, 4.69) is 11.9 Å². The van der Waals surface area contributed by atoms with Gasteiger partial charge in [-0.3, -0.25) is 0 Å². The fourth-order valence-corrected chi connectivity index (χ4v) is 3.02. The molecule has 2 unspecified atom stereocenters. The van der Waals surface area contributed by atoms with Crippen LogP contribution in [0.5, 0.6) is 0 Å². The molecule has 2 aromatic rings. The highest BCUT2D eigenvalue weighted by molar-refractivity contribution is 7.71. The Bertz CT molecular complexity index is 681. The molecule has 102 valence electrons. The van der Waals surface area contributed by atoms with Gasteiger partial charge in [0.2, 0.25) is 0 Å². The summed E-state index contributed by atoms with van der Waals surface area (Å²) in [6.45, 7) is 3.63. The van der Waals surface area contributed by atoms with Crippen molar-refractivity contribution in [2.45, 2.75) is 26.0 Å². The van der Waals surface area contributed by atoms with Crippen LogP contribution in [0.4, 0.5) is 4.39 Å². The van der Waals surface area contributed by atoms with Gasteiger partial charge in [0.1, 0.15) is 5.82 Å². The number of nitrogens with zero attached hydrogens (tertiary/aromatic N) is 1. The zero-order valence-electron chi connectivity index (χ0n) is 10.5. The van der Waals surface area contributed by atoms with E-state index in [4.69, 9.17) is 28.6 Å². The van der Waals surface area contributed by atoms with E-state index in [0.717, 1.165) is 25.1 Å². The Kier molecular flexibility index (Phi) is 3.37. The fraction of sp³-hybridized carbons (Fsp3) is 0.462. The van der Waals surface area contributed by atoms with Crippen LogP contribution in [0.1, 0.15) is 13.3 Å². The molecule has 3 nitrogen and oxygen atoms in total.